The molecule has 0 aromatic heterocycles. The summed E-state index contributed by atoms with van der Waals surface area (Å²) in [5, 5.41) is 0. The third-order valence-electron chi connectivity index (χ3n) is 2.71. The Morgan fingerprint density at radius 2 is 2.12 bits per heavy atom. The molecule has 1 heterocycles. The Morgan fingerprint density at radius 3 is 2.79 bits per heavy atom. The van der Waals surface area contributed by atoms with Gasteiger partial charge in [0.25, 0.3) is 0 Å². The molecule has 0 saturated carbocycles. The molecule has 0 spiro atoms. The predicted molar refractivity (Wildman–Crippen MR) is 106 cm³/mol. The molecular weight excluding hydrogens is 337 g/mol. The number of ether oxygens (including phenoxy) is 1. The fourth-order valence-electron chi connectivity index (χ4n) is 1.74. The molecule has 1 amide bonds. The van der Waals surface area contributed by atoms with Gasteiger partial charge in [-0.05, 0) is 0 Å². The summed E-state index contributed by atoms with van der Waals surface area (Å²) < 4.78 is 10.7. The molecule has 0 fully saturated rings. The first-order valence-corrected chi connectivity index (χ1v) is 10.2. The summed E-state index contributed by atoms with van der Waals surface area (Å²) >= 11 is 0.893. The Morgan fingerprint density at radius 1 is 1.42 bits per heavy atom. The van der Waals surface area contributed by atoms with Gasteiger partial charge >= 0.3 is 153 Å². The topological polar surface area (TPSA) is 61.8 Å². The van der Waals surface area contributed by atoms with Gasteiger partial charge in [-0.3, -0.25) is 0 Å². The Bertz CT molecular complexity index is 566. The van der Waals surface area contributed by atoms with Crippen molar-refractivity contribution in [3.8, 4) is 0 Å². The molecule has 1 aliphatic heterocycles. The van der Waals surface area contributed by atoms with Gasteiger partial charge in [0.2, 0.25) is 0 Å². The van der Waals surface area contributed by atoms with E-state index in [2.05, 4.69) is 0 Å². The Labute approximate surface area is 153 Å². The van der Waals surface area contributed by atoms with Gasteiger partial charge in [-0.1, -0.05) is 0 Å². The van der Waals surface area contributed by atoms with E-state index in [4.69, 9.17) is 16.3 Å². The molecule has 0 aromatic carbocycles. The molecule has 0 aliphatic carbocycles. The van der Waals surface area contributed by atoms with E-state index >= 15 is 0 Å². The number of nitrogens with zero attached hydrogens (tertiary/aromatic N) is 1. The molecule has 1 radical (unpaired) electrons. The monoisotopic (exact) mass is 354 g/mol. The average molecular weight is 353 g/mol. The first-order valence-electron chi connectivity index (χ1n) is 7.49. The third-order valence-corrected chi connectivity index (χ3v) is 4.64. The first-order chi connectivity index (χ1) is 11.3. The quantitative estimate of drug-likeness (QED) is 0.356. The number of rotatable bonds is 7. The first kappa shape index (κ1) is 22.1. The van der Waals surface area contributed by atoms with E-state index in [0.29, 0.717) is 6.42 Å². The maximum atomic E-state index is 12.1. The summed E-state index contributed by atoms with van der Waals surface area (Å²) in [4.78, 5) is 25.4. The minimum absolute atomic E-state index is 0.144. The molecule has 0 bridgehead atoms. The van der Waals surface area contributed by atoms with Crippen LogP contribution in [0.2, 0.25) is 0 Å². The van der Waals surface area contributed by atoms with Crippen LogP contribution in [0.25, 0.3) is 0 Å². The van der Waals surface area contributed by atoms with Gasteiger partial charge in [0.05, 0.1) is 0 Å². The number of hydrogen-bond donors (Lipinski definition) is 0. The Kier molecular flexibility index (Phi) is 10.7. The van der Waals surface area contributed by atoms with E-state index in [-0.39, 0.29) is 12.6 Å². The van der Waals surface area contributed by atoms with Crippen molar-refractivity contribution in [1.82, 2.24) is 4.90 Å². The SMILES string of the molecule is [B]=BB=BB=BB=[P+]([O-])SOC[C@@H]1CC=CN1C(=O)OC(C)(C)C. The van der Waals surface area contributed by atoms with Gasteiger partial charge in [-0.2, -0.15) is 0 Å². The van der Waals surface area contributed by atoms with Gasteiger partial charge in [-0.15, -0.1) is 0 Å². The zero-order valence-electron chi connectivity index (χ0n) is 14.1. The van der Waals surface area contributed by atoms with Gasteiger partial charge < -0.3 is 0 Å². The molecule has 1 unspecified atom stereocenters. The van der Waals surface area contributed by atoms with Crippen LogP contribution in [0, 0.1) is 0 Å². The molecule has 2 atom stereocenters. The normalized spacial score (nSPS) is 16.9. The van der Waals surface area contributed by atoms with Crippen molar-refractivity contribution in [2.75, 3.05) is 6.61 Å². The summed E-state index contributed by atoms with van der Waals surface area (Å²) in [6.45, 7) is 13.8. The van der Waals surface area contributed by atoms with Crippen LogP contribution in [-0.4, -0.2) is 76.6 Å². The van der Waals surface area contributed by atoms with Gasteiger partial charge in [0, 0.05) is 0 Å². The van der Waals surface area contributed by atoms with E-state index in [1.165, 1.54) is 11.6 Å². The van der Waals surface area contributed by atoms with Crippen LogP contribution in [0.4, 0.5) is 4.79 Å². The summed E-state index contributed by atoms with van der Waals surface area (Å²) in [7, 11) is 5.18. The second-order valence-electron chi connectivity index (χ2n) is 5.92. The Balaban J connectivity index is 2.40. The number of carbonyl (C=O) groups excluding carboxylic acids is 1. The van der Waals surface area contributed by atoms with Crippen LogP contribution >= 0.6 is 18.5 Å². The van der Waals surface area contributed by atoms with E-state index < -0.39 is 18.5 Å². The van der Waals surface area contributed by atoms with E-state index in [1.54, 1.807) is 39.5 Å². The van der Waals surface area contributed by atoms with E-state index in [1.807, 2.05) is 26.8 Å². The van der Waals surface area contributed by atoms with Crippen molar-refractivity contribution in [2.45, 2.75) is 38.8 Å². The zero-order chi connectivity index (χ0) is 18.0. The maximum absolute atomic E-state index is 12.1. The molecule has 0 saturated heterocycles. The van der Waals surface area contributed by atoms with E-state index in [0.717, 1.165) is 11.7 Å². The molecule has 0 aromatic rings. The van der Waals surface area contributed by atoms with Crippen molar-refractivity contribution >= 4 is 71.9 Å². The molecule has 117 valence electrons. The third kappa shape index (κ3) is 9.50. The molecular formula is C10H16B7NO4PS. The number of carbonyl (C=O) groups is 1. The van der Waals surface area contributed by atoms with Crippen molar-refractivity contribution in [3.05, 3.63) is 12.3 Å². The summed E-state index contributed by atoms with van der Waals surface area (Å²) in [5.41, 5.74) is -0.547. The average Bonchev–Trinajstić information content (AvgIpc) is 2.94. The summed E-state index contributed by atoms with van der Waals surface area (Å²) in [5.74, 6) is 0. The number of hydrogen-bond acceptors (Lipinski definition) is 5. The van der Waals surface area contributed by atoms with E-state index in [9.17, 15) is 9.69 Å². The van der Waals surface area contributed by atoms with Crippen molar-refractivity contribution < 1.29 is 18.6 Å². The molecule has 1 rings (SSSR count). The predicted octanol–water partition coefficient (Wildman–Crippen LogP) is -0.355. The van der Waals surface area contributed by atoms with Crippen molar-refractivity contribution in [1.29, 1.82) is 0 Å². The van der Waals surface area contributed by atoms with Crippen LogP contribution in [-0.2, 0) is 8.92 Å². The minimum atomic E-state index is -1.67. The van der Waals surface area contributed by atoms with Gasteiger partial charge in [0.1, 0.15) is 0 Å². The van der Waals surface area contributed by atoms with Crippen LogP contribution in [0.15, 0.2) is 12.3 Å². The van der Waals surface area contributed by atoms with Crippen molar-refractivity contribution in [2.24, 2.45) is 0 Å². The van der Waals surface area contributed by atoms with Gasteiger partial charge in [-0.25, -0.2) is 0 Å². The second-order valence-corrected chi connectivity index (χ2v) is 8.70. The van der Waals surface area contributed by atoms with Crippen LogP contribution in [0.1, 0.15) is 27.2 Å². The fourth-order valence-corrected chi connectivity index (χ4v) is 3.20. The van der Waals surface area contributed by atoms with Gasteiger partial charge in [0.15, 0.2) is 0 Å². The fraction of sp³-hybridized carbons (Fsp3) is 0.700. The van der Waals surface area contributed by atoms with Crippen LogP contribution < -0.4 is 4.89 Å². The van der Waals surface area contributed by atoms with Crippen molar-refractivity contribution in [3.63, 3.8) is 0 Å². The summed E-state index contributed by atoms with van der Waals surface area (Å²) in [6.07, 6.45) is 3.86. The molecule has 24 heavy (non-hydrogen) atoms. The second kappa shape index (κ2) is 11.6. The molecule has 5 nitrogen and oxygen atoms in total. The molecule has 0 N–H and O–H groups in total. The van der Waals surface area contributed by atoms with Crippen LogP contribution in [0.3, 0.4) is 0 Å². The zero-order valence-corrected chi connectivity index (χ0v) is 15.8. The Hall–Kier alpha value is 0.0345. The van der Waals surface area contributed by atoms with Crippen LogP contribution in [0.5, 0.6) is 0 Å². The molecule has 1 aliphatic rings. The summed E-state index contributed by atoms with van der Waals surface area (Å²) in [6, 6.07) is -0.144. The standard InChI is InChI=1S/C10H16B7NO4PS/c1-10(2,3)22-9(19)18-6-4-5-8(18)7-21-24-23(20)17-16-15-14-13-12-11/h4,6,8H,5,7H2,1-3H3/t8-/m0/s1. The number of amides is 1. The molecule has 14 heteroatoms.